The van der Waals surface area contributed by atoms with E-state index in [4.69, 9.17) is 0 Å². The largest absolute Gasteiger partial charge is 0.431 e. The maximum absolute atomic E-state index is 12.5. The van der Waals surface area contributed by atoms with Crippen LogP contribution in [0.4, 0.5) is 24.7 Å². The lowest BCUT2D eigenvalue weighted by atomic mass is 10.3. The summed E-state index contributed by atoms with van der Waals surface area (Å²) in [5, 5.41) is 2.48. The summed E-state index contributed by atoms with van der Waals surface area (Å²) in [5.41, 5.74) is -0.0794. The van der Waals surface area contributed by atoms with Gasteiger partial charge in [-0.3, -0.25) is 4.79 Å². The zero-order valence-corrected chi connectivity index (χ0v) is 12.2. The SMILES string of the molecule is O=C(Nc1ccc(N2CCCC2)cn1)c1c[nH]c(C(F)(F)F)c1. The number of halogens is 3. The Balaban J connectivity index is 1.66. The van der Waals surface area contributed by atoms with Gasteiger partial charge in [0.2, 0.25) is 0 Å². The van der Waals surface area contributed by atoms with Crippen molar-refractivity contribution < 1.29 is 18.0 Å². The Morgan fingerprint density at radius 2 is 2.00 bits per heavy atom. The van der Waals surface area contributed by atoms with Crippen LogP contribution in [0.2, 0.25) is 0 Å². The van der Waals surface area contributed by atoms with Crippen molar-refractivity contribution in [2.24, 2.45) is 0 Å². The van der Waals surface area contributed by atoms with E-state index in [1.54, 1.807) is 12.3 Å². The minimum absolute atomic E-state index is 0.0947. The van der Waals surface area contributed by atoms with E-state index in [0.717, 1.165) is 43.9 Å². The van der Waals surface area contributed by atoms with Crippen molar-refractivity contribution in [2.45, 2.75) is 19.0 Å². The molecule has 0 saturated carbocycles. The number of anilines is 2. The fourth-order valence-corrected chi connectivity index (χ4v) is 2.50. The van der Waals surface area contributed by atoms with Gasteiger partial charge in [-0.2, -0.15) is 13.2 Å². The molecule has 1 amide bonds. The first-order valence-corrected chi connectivity index (χ1v) is 7.21. The Labute approximate surface area is 130 Å². The first-order valence-electron chi connectivity index (χ1n) is 7.21. The summed E-state index contributed by atoms with van der Waals surface area (Å²) in [4.78, 5) is 20.3. The molecule has 2 aromatic rings. The molecule has 5 nitrogen and oxygen atoms in total. The molecule has 0 atom stereocenters. The second kappa shape index (κ2) is 5.94. The average Bonchev–Trinajstić information content (AvgIpc) is 3.19. The molecular weight excluding hydrogens is 309 g/mol. The predicted octanol–water partition coefficient (Wildman–Crippen LogP) is 3.28. The summed E-state index contributed by atoms with van der Waals surface area (Å²) in [6, 6.07) is 4.25. The highest BCUT2D eigenvalue weighted by Crippen LogP contribution is 2.28. The number of alkyl halides is 3. The van der Waals surface area contributed by atoms with Crippen LogP contribution < -0.4 is 10.2 Å². The van der Waals surface area contributed by atoms with Crippen LogP contribution in [0.1, 0.15) is 28.9 Å². The number of H-pyrrole nitrogens is 1. The maximum Gasteiger partial charge on any atom is 0.431 e. The number of hydrogen-bond acceptors (Lipinski definition) is 3. The minimum Gasteiger partial charge on any atom is -0.370 e. The fraction of sp³-hybridized carbons (Fsp3) is 0.333. The second-order valence-corrected chi connectivity index (χ2v) is 5.35. The van der Waals surface area contributed by atoms with Gasteiger partial charge in [0.25, 0.3) is 5.91 Å². The molecule has 122 valence electrons. The topological polar surface area (TPSA) is 61.0 Å². The van der Waals surface area contributed by atoms with Crippen LogP contribution in [0.15, 0.2) is 30.6 Å². The number of carbonyl (C=O) groups is 1. The zero-order valence-electron chi connectivity index (χ0n) is 12.2. The summed E-state index contributed by atoms with van der Waals surface area (Å²) in [5.74, 6) is -0.342. The highest BCUT2D eigenvalue weighted by Gasteiger charge is 2.32. The molecule has 1 fully saturated rings. The summed E-state index contributed by atoms with van der Waals surface area (Å²) in [6.07, 6.45) is 0.463. The average molecular weight is 324 g/mol. The molecule has 0 aromatic carbocycles. The van der Waals surface area contributed by atoms with Crippen LogP contribution in [0.3, 0.4) is 0 Å². The highest BCUT2D eigenvalue weighted by atomic mass is 19.4. The Morgan fingerprint density at radius 1 is 1.26 bits per heavy atom. The lowest BCUT2D eigenvalue weighted by Crippen LogP contribution is -2.18. The van der Waals surface area contributed by atoms with E-state index in [1.165, 1.54) is 0 Å². The van der Waals surface area contributed by atoms with Crippen LogP contribution in [0.5, 0.6) is 0 Å². The summed E-state index contributed by atoms with van der Waals surface area (Å²) >= 11 is 0. The van der Waals surface area contributed by atoms with E-state index in [0.29, 0.717) is 5.82 Å². The Bertz CT molecular complexity index is 687. The van der Waals surface area contributed by atoms with Gasteiger partial charge in [0.15, 0.2) is 0 Å². The highest BCUT2D eigenvalue weighted by molar-refractivity contribution is 6.03. The quantitative estimate of drug-likeness (QED) is 0.911. The summed E-state index contributed by atoms with van der Waals surface area (Å²) in [7, 11) is 0. The standard InChI is InChI=1S/C15H15F3N4O/c16-15(17,18)12-7-10(8-19-12)14(23)21-13-4-3-11(9-20-13)22-5-1-2-6-22/h3-4,7-9,19H,1-2,5-6H2,(H,20,21,23). The number of nitrogens with zero attached hydrogens (tertiary/aromatic N) is 2. The Morgan fingerprint density at radius 3 is 2.57 bits per heavy atom. The van der Waals surface area contributed by atoms with Crippen molar-refractivity contribution in [3.8, 4) is 0 Å². The van der Waals surface area contributed by atoms with E-state index in [-0.39, 0.29) is 5.56 Å². The molecule has 0 unspecified atom stereocenters. The van der Waals surface area contributed by atoms with Crippen molar-refractivity contribution in [3.05, 3.63) is 41.9 Å². The molecule has 0 aliphatic carbocycles. The second-order valence-electron chi connectivity index (χ2n) is 5.35. The van der Waals surface area contributed by atoms with Crippen molar-refractivity contribution in [2.75, 3.05) is 23.3 Å². The first-order chi connectivity index (χ1) is 10.9. The number of amides is 1. The van der Waals surface area contributed by atoms with Crippen molar-refractivity contribution in [3.63, 3.8) is 0 Å². The van der Waals surface area contributed by atoms with E-state index in [9.17, 15) is 18.0 Å². The molecule has 23 heavy (non-hydrogen) atoms. The van der Waals surface area contributed by atoms with E-state index < -0.39 is 17.8 Å². The Hall–Kier alpha value is -2.51. The normalized spacial score (nSPS) is 15.0. The van der Waals surface area contributed by atoms with Crippen LogP contribution in [0.25, 0.3) is 0 Å². The molecule has 0 bridgehead atoms. The van der Waals surface area contributed by atoms with Crippen molar-refractivity contribution >= 4 is 17.4 Å². The van der Waals surface area contributed by atoms with Crippen molar-refractivity contribution in [1.82, 2.24) is 9.97 Å². The molecule has 1 saturated heterocycles. The molecule has 3 heterocycles. The number of rotatable bonds is 3. The van der Waals surface area contributed by atoms with Gasteiger partial charge in [-0.1, -0.05) is 0 Å². The summed E-state index contributed by atoms with van der Waals surface area (Å²) < 4.78 is 37.5. The molecule has 0 radical (unpaired) electrons. The third-order valence-corrected chi connectivity index (χ3v) is 3.71. The number of aromatic amines is 1. The van der Waals surface area contributed by atoms with Gasteiger partial charge in [-0.05, 0) is 31.0 Å². The van der Waals surface area contributed by atoms with Crippen LogP contribution in [0, 0.1) is 0 Å². The fourth-order valence-electron chi connectivity index (χ4n) is 2.50. The van der Waals surface area contributed by atoms with E-state index in [1.807, 2.05) is 11.1 Å². The van der Waals surface area contributed by atoms with E-state index in [2.05, 4.69) is 15.2 Å². The first kappa shape index (κ1) is 15.4. The number of carbonyl (C=O) groups excluding carboxylic acids is 1. The van der Waals surface area contributed by atoms with Gasteiger partial charge in [0.1, 0.15) is 11.5 Å². The zero-order chi connectivity index (χ0) is 16.4. The third-order valence-electron chi connectivity index (χ3n) is 3.71. The van der Waals surface area contributed by atoms with Gasteiger partial charge in [-0.15, -0.1) is 0 Å². The molecule has 0 spiro atoms. The van der Waals surface area contributed by atoms with Gasteiger partial charge in [0.05, 0.1) is 17.4 Å². The monoisotopic (exact) mass is 324 g/mol. The van der Waals surface area contributed by atoms with Crippen molar-refractivity contribution in [1.29, 1.82) is 0 Å². The number of hydrogen-bond donors (Lipinski definition) is 2. The number of nitrogens with one attached hydrogen (secondary N) is 2. The molecular formula is C15H15F3N4O. The minimum atomic E-state index is -4.51. The number of pyridine rings is 1. The Kier molecular flexibility index (Phi) is 3.97. The van der Waals surface area contributed by atoms with Crippen LogP contribution >= 0.6 is 0 Å². The lowest BCUT2D eigenvalue weighted by Gasteiger charge is -2.17. The van der Waals surface area contributed by atoms with E-state index >= 15 is 0 Å². The predicted molar refractivity (Wildman–Crippen MR) is 79.4 cm³/mol. The van der Waals surface area contributed by atoms with Crippen LogP contribution in [-0.4, -0.2) is 29.0 Å². The number of aromatic nitrogens is 2. The molecule has 8 heteroatoms. The van der Waals surface area contributed by atoms with Gasteiger partial charge < -0.3 is 15.2 Å². The lowest BCUT2D eigenvalue weighted by molar-refractivity contribution is -0.140. The van der Waals surface area contributed by atoms with Gasteiger partial charge in [-0.25, -0.2) is 4.98 Å². The van der Waals surface area contributed by atoms with Gasteiger partial charge in [0, 0.05) is 19.3 Å². The summed E-state index contributed by atoms with van der Waals surface area (Å²) in [6.45, 7) is 1.97. The van der Waals surface area contributed by atoms with Gasteiger partial charge >= 0.3 is 6.18 Å². The third kappa shape index (κ3) is 3.46. The molecule has 2 aromatic heterocycles. The molecule has 3 rings (SSSR count). The smallest absolute Gasteiger partial charge is 0.370 e. The van der Waals surface area contributed by atoms with Crippen LogP contribution in [-0.2, 0) is 6.18 Å². The molecule has 1 aliphatic rings. The molecule has 1 aliphatic heterocycles. The maximum atomic E-state index is 12.5. The molecule has 2 N–H and O–H groups in total.